The zero-order valence-electron chi connectivity index (χ0n) is 48.2. The number of hydrogen-bond donors (Lipinski definition) is 0. The average molecular weight is 1040 g/mol. The van der Waals surface area contributed by atoms with Gasteiger partial charge in [-0.2, -0.15) is 0 Å². The smallest absolute Gasteiger partial charge is 0.264 e. The Bertz CT molecular complexity index is 3960. The fourth-order valence-corrected chi connectivity index (χ4v) is 16.1. The molecule has 5 heteroatoms. The molecule has 0 unspecified atom stereocenters. The maximum absolute atomic E-state index is 2.73. The van der Waals surface area contributed by atoms with Crippen molar-refractivity contribution in [2.24, 2.45) is 0 Å². The molecule has 3 heterocycles. The third kappa shape index (κ3) is 7.21. The van der Waals surface area contributed by atoms with Crippen molar-refractivity contribution in [3.63, 3.8) is 0 Å². The van der Waals surface area contributed by atoms with Crippen LogP contribution in [0, 0.1) is 0 Å². The van der Waals surface area contributed by atoms with Gasteiger partial charge in [-0.3, -0.25) is 0 Å². The first-order valence-electron chi connectivity index (χ1n) is 28.9. The van der Waals surface area contributed by atoms with Gasteiger partial charge in [-0.05, 0) is 193 Å². The van der Waals surface area contributed by atoms with Crippen molar-refractivity contribution in [1.82, 2.24) is 0 Å². The number of thiophene rings is 1. The van der Waals surface area contributed by atoms with Crippen LogP contribution < -0.4 is 30.4 Å². The van der Waals surface area contributed by atoms with E-state index < -0.39 is 0 Å². The second-order valence-electron chi connectivity index (χ2n) is 27.9. The molecule has 0 atom stereocenters. The van der Waals surface area contributed by atoms with E-state index in [4.69, 9.17) is 0 Å². The van der Waals surface area contributed by atoms with Crippen LogP contribution in [-0.4, -0.2) is 6.71 Å². The highest BCUT2D eigenvalue weighted by molar-refractivity contribution is 7.33. The number of fused-ring (bicyclic) bond motifs is 11. The van der Waals surface area contributed by atoms with E-state index in [1.165, 1.54) is 116 Å². The van der Waals surface area contributed by atoms with Crippen LogP contribution in [-0.2, 0) is 32.5 Å². The van der Waals surface area contributed by atoms with E-state index in [2.05, 4.69) is 269 Å². The maximum atomic E-state index is 2.73. The highest BCUT2D eigenvalue weighted by Gasteiger charge is 2.49. The van der Waals surface area contributed by atoms with Gasteiger partial charge in [0.25, 0.3) is 6.71 Å². The number of anilines is 9. The minimum absolute atomic E-state index is 0.00855. The maximum Gasteiger partial charge on any atom is 0.264 e. The Balaban J connectivity index is 1.13. The summed E-state index contributed by atoms with van der Waals surface area (Å²) in [5.41, 5.74) is 26.4. The number of benzene rings is 8. The summed E-state index contributed by atoms with van der Waals surface area (Å²) in [5, 5.41) is 1.33. The van der Waals surface area contributed by atoms with Gasteiger partial charge < -0.3 is 14.7 Å². The molecule has 0 N–H and O–H groups in total. The van der Waals surface area contributed by atoms with Crippen molar-refractivity contribution in [2.45, 2.75) is 148 Å². The van der Waals surface area contributed by atoms with Crippen LogP contribution in [0.25, 0.3) is 21.2 Å². The fraction of sp³-hybridized carbons (Fsp3) is 0.315. The van der Waals surface area contributed by atoms with E-state index in [0.717, 1.165) is 36.3 Å². The van der Waals surface area contributed by atoms with Gasteiger partial charge in [0.05, 0.1) is 11.4 Å². The summed E-state index contributed by atoms with van der Waals surface area (Å²) in [6.45, 7) is 31.7. The number of para-hydroxylation sites is 2. The molecule has 0 amide bonds. The normalized spacial score (nSPS) is 18.3. The molecule has 1 aromatic heterocycles. The molecule has 9 aromatic rings. The van der Waals surface area contributed by atoms with Gasteiger partial charge in [-0.15, -0.1) is 11.3 Å². The van der Waals surface area contributed by atoms with E-state index in [1.807, 2.05) is 11.3 Å². The Morgan fingerprint density at radius 1 is 0.449 bits per heavy atom. The molecule has 390 valence electrons. The SMILES string of the molecule is CC(C)(C)c1ccc2sc3c(c2c1)N(c1ccccc1)c1cc(N(c2ccccc2)c2ccc4c(c2)C(C)(C)c2ccccc2-4)cc2c1B3c1cc3c(cc1N2c1ccc2c(c1)C(C)(C)CCC2(C)C)C(C)(C)CCC3(C)C. The first kappa shape index (κ1) is 49.5. The molecule has 0 radical (unpaired) electrons. The molecule has 8 aromatic carbocycles. The quantitative estimate of drug-likeness (QED) is 0.159. The molecule has 5 aliphatic rings. The monoisotopic (exact) mass is 1040 g/mol. The van der Waals surface area contributed by atoms with E-state index in [0.29, 0.717) is 0 Å². The van der Waals surface area contributed by atoms with E-state index in [9.17, 15) is 0 Å². The van der Waals surface area contributed by atoms with Crippen molar-refractivity contribution < 1.29 is 0 Å². The van der Waals surface area contributed by atoms with Crippen molar-refractivity contribution >= 4 is 95.0 Å². The van der Waals surface area contributed by atoms with Gasteiger partial charge >= 0.3 is 0 Å². The Morgan fingerprint density at radius 2 is 1.04 bits per heavy atom. The summed E-state index contributed by atoms with van der Waals surface area (Å²) < 4.78 is 2.75. The molecule has 14 rings (SSSR count). The topological polar surface area (TPSA) is 9.72 Å². The molecule has 3 aliphatic carbocycles. The molecule has 0 bridgehead atoms. The van der Waals surface area contributed by atoms with Crippen LogP contribution in [0.1, 0.15) is 155 Å². The third-order valence-corrected chi connectivity index (χ3v) is 20.9. The summed E-state index contributed by atoms with van der Waals surface area (Å²) in [6, 6.07) is 64.2. The number of nitrogens with zero attached hydrogens (tertiary/aromatic N) is 3. The molecule has 0 saturated carbocycles. The number of rotatable bonds is 5. The lowest BCUT2D eigenvalue weighted by atomic mass is 9.35. The van der Waals surface area contributed by atoms with Gasteiger partial charge in [0.15, 0.2) is 0 Å². The van der Waals surface area contributed by atoms with Crippen molar-refractivity contribution in [1.29, 1.82) is 0 Å². The molecule has 0 spiro atoms. The highest BCUT2D eigenvalue weighted by atomic mass is 32.1. The summed E-state index contributed by atoms with van der Waals surface area (Å²) in [5.74, 6) is 0. The number of hydrogen-bond acceptors (Lipinski definition) is 4. The van der Waals surface area contributed by atoms with Gasteiger partial charge in [-0.25, -0.2) is 0 Å². The van der Waals surface area contributed by atoms with Crippen LogP contribution in [0.2, 0.25) is 0 Å². The van der Waals surface area contributed by atoms with Crippen LogP contribution in [0.4, 0.5) is 51.2 Å². The molecule has 78 heavy (non-hydrogen) atoms. The summed E-state index contributed by atoms with van der Waals surface area (Å²) in [6.07, 6.45) is 4.65. The standard InChI is InChI=1S/C73H74BN3S/c1-68(2,3)45-28-33-64-53(38-45)66-67(78-64)74-60-43-58-59(72(10,11)37-36-71(58,8)9)44-61(60)76(49-30-32-55-57(40-49)70(6,7)35-34-69(55,4)5)62-41-50(42-63(65(62)74)77(66)47-24-18-15-19-25-47)75(46-22-16-14-17-23-46)48-29-31-52-51-26-20-21-27-54(51)73(12,13)56(52)39-48/h14-33,38-44H,34-37H2,1-13H3. The van der Waals surface area contributed by atoms with Gasteiger partial charge in [0, 0.05) is 60.1 Å². The van der Waals surface area contributed by atoms with E-state index in [1.54, 1.807) is 0 Å². The molecular weight excluding hydrogens is 962 g/mol. The molecule has 3 nitrogen and oxygen atoms in total. The first-order valence-corrected chi connectivity index (χ1v) is 29.7. The van der Waals surface area contributed by atoms with Crippen LogP contribution in [0.15, 0.2) is 164 Å². The Morgan fingerprint density at radius 3 is 1.72 bits per heavy atom. The summed E-state index contributed by atoms with van der Waals surface area (Å²) in [4.78, 5) is 7.95. The zero-order chi connectivity index (χ0) is 54.2. The minimum Gasteiger partial charge on any atom is -0.311 e. The van der Waals surface area contributed by atoms with E-state index in [-0.39, 0.29) is 39.2 Å². The lowest BCUT2D eigenvalue weighted by molar-refractivity contribution is 0.332. The predicted octanol–water partition coefficient (Wildman–Crippen LogP) is 18.8. The van der Waals surface area contributed by atoms with E-state index >= 15 is 0 Å². The zero-order valence-corrected chi connectivity index (χ0v) is 49.1. The summed E-state index contributed by atoms with van der Waals surface area (Å²) >= 11 is 2.01. The molecule has 0 fully saturated rings. The largest absolute Gasteiger partial charge is 0.311 e. The van der Waals surface area contributed by atoms with Gasteiger partial charge in [0.2, 0.25) is 0 Å². The van der Waals surface area contributed by atoms with Crippen LogP contribution >= 0.6 is 11.3 Å². The minimum atomic E-state index is -0.164. The molecule has 2 aliphatic heterocycles. The lowest BCUT2D eigenvalue weighted by Crippen LogP contribution is -2.61. The average Bonchev–Trinajstić information content (AvgIpc) is 4.03. The Kier molecular flexibility index (Phi) is 10.5. The fourth-order valence-electron chi connectivity index (χ4n) is 14.8. The van der Waals surface area contributed by atoms with Gasteiger partial charge in [-0.1, -0.05) is 175 Å². The van der Waals surface area contributed by atoms with Gasteiger partial charge in [0.1, 0.15) is 0 Å². The van der Waals surface area contributed by atoms with Crippen molar-refractivity contribution in [3.05, 3.63) is 203 Å². The van der Waals surface area contributed by atoms with Crippen LogP contribution in [0.5, 0.6) is 0 Å². The Hall–Kier alpha value is -6.82. The van der Waals surface area contributed by atoms with Crippen LogP contribution in [0.3, 0.4) is 0 Å². The first-order chi connectivity index (χ1) is 37.0. The Labute approximate surface area is 469 Å². The predicted molar refractivity (Wildman–Crippen MR) is 337 cm³/mol. The molecule has 0 saturated heterocycles. The summed E-state index contributed by atoms with van der Waals surface area (Å²) in [7, 11) is 0. The molecular formula is C73H74BN3S. The van der Waals surface area contributed by atoms with Crippen molar-refractivity contribution in [2.75, 3.05) is 14.7 Å². The van der Waals surface area contributed by atoms with Crippen molar-refractivity contribution in [3.8, 4) is 11.1 Å². The second kappa shape index (κ2) is 16.6. The highest BCUT2D eigenvalue weighted by Crippen LogP contribution is 2.56. The second-order valence-corrected chi connectivity index (χ2v) is 29.0. The third-order valence-electron chi connectivity index (χ3n) is 19.7. The lowest BCUT2D eigenvalue weighted by Gasteiger charge is -2.47.